The van der Waals surface area contributed by atoms with Gasteiger partial charge in [-0.05, 0) is 37.5 Å². The summed E-state index contributed by atoms with van der Waals surface area (Å²) in [6.45, 7) is 3.79. The Hall–Kier alpha value is -3.68. The first kappa shape index (κ1) is 21.0. The number of carbonyl (C=O) groups is 4. The molecule has 8 heteroatoms. The minimum atomic E-state index is -1.15. The molecule has 0 bridgehead atoms. The molecule has 2 aromatic carbocycles. The first-order valence-corrected chi connectivity index (χ1v) is 9.57. The van der Waals surface area contributed by atoms with E-state index in [1.54, 1.807) is 30.3 Å². The number of anilines is 1. The second-order valence-electron chi connectivity index (χ2n) is 7.14. The number of hydrogen-bond donors (Lipinski definition) is 3. The minimum Gasteiger partial charge on any atom is -0.447 e. The Balaban J connectivity index is 1.70. The van der Waals surface area contributed by atoms with Gasteiger partial charge in [0.25, 0.3) is 11.8 Å². The van der Waals surface area contributed by atoms with E-state index in [0.29, 0.717) is 11.3 Å². The summed E-state index contributed by atoms with van der Waals surface area (Å²) in [7, 11) is 0. The molecule has 0 unspecified atom stereocenters. The second kappa shape index (κ2) is 9.21. The van der Waals surface area contributed by atoms with E-state index in [9.17, 15) is 19.2 Å². The topological polar surface area (TPSA) is 114 Å². The zero-order chi connectivity index (χ0) is 21.7. The fourth-order valence-corrected chi connectivity index (χ4v) is 3.08. The molecule has 1 fully saturated rings. The van der Waals surface area contributed by atoms with Gasteiger partial charge in [-0.1, -0.05) is 42.5 Å². The molecule has 1 heterocycles. The standard InChI is InChI=1S/C22H23N3O5/c1-13-8-9-14(2)17(12-13)23-21(28)19(15-6-4-3-5-7-15)30-18(26)11-10-16-20(27)25-22(29)24-16/h3-9,12,16,19H,10-11H2,1-2H3,(H,23,28)(H2,24,25,27,29)/t16-,19+/m1/s1. The van der Waals surface area contributed by atoms with Crippen molar-refractivity contribution < 1.29 is 23.9 Å². The smallest absolute Gasteiger partial charge is 0.322 e. The number of carbonyl (C=O) groups excluding carboxylic acids is 4. The SMILES string of the molecule is Cc1ccc(C)c(NC(=O)[C@@H](OC(=O)CC[C@H]2NC(=O)NC2=O)c2ccccc2)c1. The van der Waals surface area contributed by atoms with Crippen LogP contribution in [-0.4, -0.2) is 29.9 Å². The lowest BCUT2D eigenvalue weighted by atomic mass is 10.1. The van der Waals surface area contributed by atoms with E-state index < -0.39 is 36.0 Å². The summed E-state index contributed by atoms with van der Waals surface area (Å²) in [5.41, 5.74) is 3.04. The van der Waals surface area contributed by atoms with Crippen molar-refractivity contribution in [2.75, 3.05) is 5.32 Å². The highest BCUT2D eigenvalue weighted by Crippen LogP contribution is 2.23. The predicted molar refractivity (Wildman–Crippen MR) is 110 cm³/mol. The number of urea groups is 1. The third kappa shape index (κ3) is 5.22. The van der Waals surface area contributed by atoms with Gasteiger partial charge in [-0.2, -0.15) is 0 Å². The highest BCUT2D eigenvalue weighted by atomic mass is 16.5. The number of aryl methyl sites for hydroxylation is 2. The summed E-state index contributed by atoms with van der Waals surface area (Å²) in [5, 5.41) is 7.36. The first-order chi connectivity index (χ1) is 14.3. The summed E-state index contributed by atoms with van der Waals surface area (Å²) < 4.78 is 5.47. The van der Waals surface area contributed by atoms with E-state index >= 15 is 0 Å². The van der Waals surface area contributed by atoms with Gasteiger partial charge in [0, 0.05) is 17.7 Å². The van der Waals surface area contributed by atoms with Crippen molar-refractivity contribution in [3.05, 3.63) is 65.2 Å². The molecule has 2 aromatic rings. The lowest BCUT2D eigenvalue weighted by molar-refractivity contribution is -0.155. The number of esters is 1. The van der Waals surface area contributed by atoms with E-state index in [2.05, 4.69) is 16.0 Å². The second-order valence-corrected chi connectivity index (χ2v) is 7.14. The third-order valence-electron chi connectivity index (χ3n) is 4.74. The maximum atomic E-state index is 13.0. The number of imide groups is 1. The average Bonchev–Trinajstić information content (AvgIpc) is 3.05. The van der Waals surface area contributed by atoms with Gasteiger partial charge in [-0.15, -0.1) is 0 Å². The molecule has 2 atom stereocenters. The molecule has 156 valence electrons. The van der Waals surface area contributed by atoms with Crippen LogP contribution in [-0.2, 0) is 19.1 Å². The Morgan fingerprint density at radius 2 is 1.83 bits per heavy atom. The van der Waals surface area contributed by atoms with Crippen LogP contribution in [0.25, 0.3) is 0 Å². The first-order valence-electron chi connectivity index (χ1n) is 9.57. The summed E-state index contributed by atoms with van der Waals surface area (Å²) in [4.78, 5) is 48.1. The number of hydrogen-bond acceptors (Lipinski definition) is 5. The molecule has 0 aliphatic carbocycles. The largest absolute Gasteiger partial charge is 0.447 e. The highest BCUT2D eigenvalue weighted by Gasteiger charge is 2.31. The van der Waals surface area contributed by atoms with E-state index in [1.165, 1.54) is 0 Å². The molecule has 0 aromatic heterocycles. The molecule has 1 aliphatic heterocycles. The number of amides is 4. The normalized spacial score (nSPS) is 16.4. The van der Waals surface area contributed by atoms with Gasteiger partial charge in [0.1, 0.15) is 6.04 Å². The van der Waals surface area contributed by atoms with Crippen molar-refractivity contribution in [2.24, 2.45) is 0 Å². The van der Waals surface area contributed by atoms with Gasteiger partial charge in [-0.25, -0.2) is 4.79 Å². The van der Waals surface area contributed by atoms with Gasteiger partial charge in [0.05, 0.1) is 0 Å². The molecule has 1 aliphatic rings. The van der Waals surface area contributed by atoms with Crippen molar-refractivity contribution in [2.45, 2.75) is 38.8 Å². The number of ether oxygens (including phenoxy) is 1. The van der Waals surface area contributed by atoms with Gasteiger partial charge >= 0.3 is 12.0 Å². The van der Waals surface area contributed by atoms with Crippen molar-refractivity contribution in [1.29, 1.82) is 0 Å². The van der Waals surface area contributed by atoms with E-state index in [1.807, 2.05) is 32.0 Å². The Morgan fingerprint density at radius 1 is 1.10 bits per heavy atom. The molecular weight excluding hydrogens is 386 g/mol. The minimum absolute atomic E-state index is 0.0799. The summed E-state index contributed by atoms with van der Waals surface area (Å²) >= 11 is 0. The van der Waals surface area contributed by atoms with Crippen molar-refractivity contribution in [3.8, 4) is 0 Å². The predicted octanol–water partition coefficient (Wildman–Crippen LogP) is 2.51. The third-order valence-corrected chi connectivity index (χ3v) is 4.74. The molecule has 1 saturated heterocycles. The highest BCUT2D eigenvalue weighted by molar-refractivity contribution is 6.04. The fraction of sp³-hybridized carbons (Fsp3) is 0.273. The maximum absolute atomic E-state index is 13.0. The van der Waals surface area contributed by atoms with E-state index in [-0.39, 0.29) is 12.8 Å². The quantitative estimate of drug-likeness (QED) is 0.480. The summed E-state index contributed by atoms with van der Waals surface area (Å²) in [6.07, 6.45) is -1.19. The van der Waals surface area contributed by atoms with E-state index in [4.69, 9.17) is 4.74 Å². The van der Waals surface area contributed by atoms with Crippen LogP contribution in [0.3, 0.4) is 0 Å². The zero-order valence-corrected chi connectivity index (χ0v) is 16.7. The van der Waals surface area contributed by atoms with Crippen LogP contribution in [0.4, 0.5) is 10.5 Å². The van der Waals surface area contributed by atoms with Crippen LogP contribution < -0.4 is 16.0 Å². The Bertz CT molecular complexity index is 974. The molecule has 0 saturated carbocycles. The monoisotopic (exact) mass is 409 g/mol. The lowest BCUT2D eigenvalue weighted by Crippen LogP contribution is -2.30. The van der Waals surface area contributed by atoms with Crippen LogP contribution in [0.2, 0.25) is 0 Å². The molecular formula is C22H23N3O5. The summed E-state index contributed by atoms with van der Waals surface area (Å²) in [5.74, 6) is -1.61. The van der Waals surface area contributed by atoms with Crippen LogP contribution in [0.15, 0.2) is 48.5 Å². The van der Waals surface area contributed by atoms with Gasteiger partial charge < -0.3 is 15.4 Å². The Kier molecular flexibility index (Phi) is 6.46. The molecule has 0 radical (unpaired) electrons. The van der Waals surface area contributed by atoms with Crippen LogP contribution >= 0.6 is 0 Å². The molecule has 3 rings (SSSR count). The number of nitrogens with one attached hydrogen (secondary N) is 3. The van der Waals surface area contributed by atoms with Gasteiger partial charge in [0.15, 0.2) is 0 Å². The van der Waals surface area contributed by atoms with Crippen LogP contribution in [0.5, 0.6) is 0 Å². The fourth-order valence-electron chi connectivity index (χ4n) is 3.08. The number of benzene rings is 2. The van der Waals surface area contributed by atoms with Crippen LogP contribution in [0, 0.1) is 13.8 Å². The van der Waals surface area contributed by atoms with Gasteiger partial charge in [-0.3, -0.25) is 19.7 Å². The maximum Gasteiger partial charge on any atom is 0.322 e. The molecule has 4 amide bonds. The lowest BCUT2D eigenvalue weighted by Gasteiger charge is -2.19. The Labute approximate surface area is 174 Å². The van der Waals surface area contributed by atoms with Crippen molar-refractivity contribution >= 4 is 29.5 Å². The molecule has 0 spiro atoms. The van der Waals surface area contributed by atoms with E-state index in [0.717, 1.165) is 11.1 Å². The van der Waals surface area contributed by atoms with Crippen molar-refractivity contribution in [3.63, 3.8) is 0 Å². The Morgan fingerprint density at radius 3 is 2.50 bits per heavy atom. The van der Waals surface area contributed by atoms with Crippen molar-refractivity contribution in [1.82, 2.24) is 10.6 Å². The molecule has 30 heavy (non-hydrogen) atoms. The molecule has 8 nitrogen and oxygen atoms in total. The zero-order valence-electron chi connectivity index (χ0n) is 16.7. The number of rotatable bonds is 7. The summed E-state index contributed by atoms with van der Waals surface area (Å²) in [6, 6.07) is 13.0. The van der Waals surface area contributed by atoms with Crippen LogP contribution in [0.1, 0.15) is 35.6 Å². The molecule has 3 N–H and O–H groups in total. The van der Waals surface area contributed by atoms with Gasteiger partial charge in [0.2, 0.25) is 6.10 Å². The average molecular weight is 409 g/mol.